The fourth-order valence-electron chi connectivity index (χ4n) is 3.35. The van der Waals surface area contributed by atoms with Crippen molar-refractivity contribution in [3.8, 4) is 5.75 Å². The molecule has 5 heteroatoms. The van der Waals surface area contributed by atoms with Crippen molar-refractivity contribution in [2.24, 2.45) is 0 Å². The number of hydrogen-bond acceptors (Lipinski definition) is 5. The minimum atomic E-state index is 0.109. The number of hydrogen-bond donors (Lipinski definition) is 0. The van der Waals surface area contributed by atoms with Crippen molar-refractivity contribution < 1.29 is 4.74 Å². The summed E-state index contributed by atoms with van der Waals surface area (Å²) in [5.41, 5.74) is 2.24. The lowest BCUT2D eigenvalue weighted by Gasteiger charge is -2.38. The van der Waals surface area contributed by atoms with Crippen molar-refractivity contribution >= 4 is 27.2 Å². The molecule has 0 N–H and O–H groups in total. The zero-order chi connectivity index (χ0) is 17.2. The Balaban J connectivity index is 1.46. The van der Waals surface area contributed by atoms with Gasteiger partial charge in [-0.05, 0) is 31.2 Å². The van der Waals surface area contributed by atoms with Crippen LogP contribution in [0.5, 0.6) is 5.75 Å². The van der Waals surface area contributed by atoms with Crippen molar-refractivity contribution in [1.82, 2.24) is 9.88 Å². The number of anilines is 1. The van der Waals surface area contributed by atoms with Crippen LogP contribution in [0.2, 0.25) is 0 Å². The molecule has 0 amide bonds. The highest BCUT2D eigenvalue weighted by Crippen LogP contribution is 2.32. The molecule has 1 radical (unpaired) electrons. The zero-order valence-electron chi connectivity index (χ0n) is 14.4. The van der Waals surface area contributed by atoms with Crippen LogP contribution in [0, 0.1) is 6.92 Å². The van der Waals surface area contributed by atoms with Crippen LogP contribution in [-0.2, 0) is 0 Å². The SMILES string of the molecule is [CH2]C(c1nc2ccccc2s1)N1CCN(c2ccccc2OC)CC1. The number of piperazine rings is 1. The topological polar surface area (TPSA) is 28.6 Å². The second-order valence-electron chi connectivity index (χ2n) is 6.23. The highest BCUT2D eigenvalue weighted by molar-refractivity contribution is 7.18. The summed E-state index contributed by atoms with van der Waals surface area (Å²) >= 11 is 1.75. The second-order valence-corrected chi connectivity index (χ2v) is 7.29. The Morgan fingerprint density at radius 2 is 1.76 bits per heavy atom. The normalized spacial score (nSPS) is 17.0. The predicted molar refractivity (Wildman–Crippen MR) is 104 cm³/mol. The molecule has 1 aliphatic rings. The lowest BCUT2D eigenvalue weighted by molar-refractivity contribution is 0.215. The van der Waals surface area contributed by atoms with Gasteiger partial charge in [-0.2, -0.15) is 0 Å². The Morgan fingerprint density at radius 1 is 1.04 bits per heavy atom. The molecule has 3 aromatic rings. The predicted octanol–water partition coefficient (Wildman–Crippen LogP) is 4.00. The number of benzene rings is 2. The Kier molecular flexibility index (Phi) is 4.59. The highest BCUT2D eigenvalue weighted by atomic mass is 32.1. The van der Waals surface area contributed by atoms with Gasteiger partial charge in [0, 0.05) is 26.2 Å². The van der Waals surface area contributed by atoms with Crippen molar-refractivity contribution in [3.63, 3.8) is 0 Å². The second kappa shape index (κ2) is 7.02. The molecule has 0 bridgehead atoms. The summed E-state index contributed by atoms with van der Waals surface area (Å²) in [4.78, 5) is 9.58. The largest absolute Gasteiger partial charge is 0.495 e. The number of nitrogens with zero attached hydrogens (tertiary/aromatic N) is 3. The maximum absolute atomic E-state index is 5.50. The van der Waals surface area contributed by atoms with E-state index in [1.807, 2.05) is 18.2 Å². The number of methoxy groups -OCH3 is 1. The standard InChI is InChI=1S/C20H22N3OS/c1-15(20-21-16-7-3-6-10-19(16)25-20)22-11-13-23(14-12-22)17-8-4-5-9-18(17)24-2/h3-10,15H,1,11-14H2,2H3. The van der Waals surface area contributed by atoms with Gasteiger partial charge >= 0.3 is 0 Å². The summed E-state index contributed by atoms with van der Waals surface area (Å²) in [5, 5.41) is 1.10. The van der Waals surface area contributed by atoms with Crippen molar-refractivity contribution in [2.75, 3.05) is 38.2 Å². The molecule has 4 nitrogen and oxygen atoms in total. The molecule has 1 fully saturated rings. The van der Waals surface area contributed by atoms with Gasteiger partial charge in [0.05, 0.1) is 29.1 Å². The third kappa shape index (κ3) is 3.22. The molecule has 1 unspecified atom stereocenters. The summed E-state index contributed by atoms with van der Waals surface area (Å²) in [6.07, 6.45) is 0. The Morgan fingerprint density at radius 3 is 2.52 bits per heavy atom. The Labute approximate surface area is 152 Å². The summed E-state index contributed by atoms with van der Waals surface area (Å²) in [7, 11) is 1.73. The maximum atomic E-state index is 5.50. The van der Waals surface area contributed by atoms with Gasteiger partial charge in [-0.3, -0.25) is 4.90 Å². The number of thiazole rings is 1. The molecular weight excluding hydrogens is 330 g/mol. The van der Waals surface area contributed by atoms with Crippen molar-refractivity contribution in [2.45, 2.75) is 6.04 Å². The molecule has 2 heterocycles. The van der Waals surface area contributed by atoms with E-state index in [9.17, 15) is 0 Å². The molecule has 0 spiro atoms. The molecule has 1 aromatic heterocycles. The highest BCUT2D eigenvalue weighted by Gasteiger charge is 2.25. The molecule has 129 valence electrons. The summed E-state index contributed by atoms with van der Waals surface area (Å²) in [6.45, 7) is 8.28. The third-order valence-electron chi connectivity index (χ3n) is 4.78. The van der Waals surface area contributed by atoms with E-state index in [0.717, 1.165) is 42.5 Å². The van der Waals surface area contributed by atoms with E-state index in [-0.39, 0.29) is 6.04 Å². The monoisotopic (exact) mass is 352 g/mol. The first kappa shape index (κ1) is 16.4. The van der Waals surface area contributed by atoms with Gasteiger partial charge in [-0.15, -0.1) is 11.3 Å². The van der Waals surface area contributed by atoms with E-state index >= 15 is 0 Å². The van der Waals surface area contributed by atoms with E-state index < -0.39 is 0 Å². The van der Waals surface area contributed by atoms with Gasteiger partial charge in [0.2, 0.25) is 0 Å². The number of rotatable bonds is 4. The van der Waals surface area contributed by atoms with E-state index in [0.29, 0.717) is 0 Å². The minimum Gasteiger partial charge on any atom is -0.495 e. The first-order chi connectivity index (χ1) is 12.3. The minimum absolute atomic E-state index is 0.109. The van der Waals surface area contributed by atoms with Crippen LogP contribution in [0.3, 0.4) is 0 Å². The zero-order valence-corrected chi connectivity index (χ0v) is 15.2. The number of aromatic nitrogens is 1. The van der Waals surface area contributed by atoms with Gasteiger partial charge in [-0.1, -0.05) is 24.3 Å². The van der Waals surface area contributed by atoms with E-state index in [1.165, 1.54) is 10.4 Å². The number of ether oxygens (including phenoxy) is 1. The molecule has 0 saturated carbocycles. The first-order valence-electron chi connectivity index (χ1n) is 8.57. The van der Waals surface area contributed by atoms with Gasteiger partial charge < -0.3 is 9.64 Å². The quantitative estimate of drug-likeness (QED) is 0.709. The molecular formula is C20H22N3OS. The van der Waals surface area contributed by atoms with E-state index in [1.54, 1.807) is 18.4 Å². The molecule has 2 aromatic carbocycles. The molecule has 1 atom stereocenters. The van der Waals surface area contributed by atoms with Crippen molar-refractivity contribution in [1.29, 1.82) is 0 Å². The van der Waals surface area contributed by atoms with E-state index in [2.05, 4.69) is 47.1 Å². The summed E-state index contributed by atoms with van der Waals surface area (Å²) in [6, 6.07) is 16.6. The lowest BCUT2D eigenvalue weighted by Crippen LogP contribution is -2.47. The summed E-state index contributed by atoms with van der Waals surface area (Å²) in [5.74, 6) is 0.938. The van der Waals surface area contributed by atoms with Crippen LogP contribution in [0.25, 0.3) is 10.2 Å². The maximum Gasteiger partial charge on any atom is 0.142 e. The molecule has 1 saturated heterocycles. The molecule has 0 aliphatic carbocycles. The fraction of sp³-hybridized carbons (Fsp3) is 0.300. The Hall–Kier alpha value is -2.11. The van der Waals surface area contributed by atoms with Crippen LogP contribution < -0.4 is 9.64 Å². The van der Waals surface area contributed by atoms with Crippen LogP contribution in [0.15, 0.2) is 48.5 Å². The van der Waals surface area contributed by atoms with Crippen molar-refractivity contribution in [3.05, 3.63) is 60.5 Å². The average molecular weight is 352 g/mol. The smallest absolute Gasteiger partial charge is 0.142 e. The van der Waals surface area contributed by atoms with Gasteiger partial charge in [0.15, 0.2) is 0 Å². The lowest BCUT2D eigenvalue weighted by atomic mass is 10.2. The average Bonchev–Trinajstić information content (AvgIpc) is 3.12. The van der Waals surface area contributed by atoms with Gasteiger partial charge in [0.1, 0.15) is 10.8 Å². The van der Waals surface area contributed by atoms with E-state index in [4.69, 9.17) is 9.72 Å². The van der Waals surface area contributed by atoms with Crippen LogP contribution in [-0.4, -0.2) is 43.2 Å². The Bertz CT molecular complexity index is 822. The number of para-hydroxylation sites is 3. The number of fused-ring (bicyclic) bond motifs is 1. The molecule has 1 aliphatic heterocycles. The van der Waals surface area contributed by atoms with Crippen LogP contribution in [0.4, 0.5) is 5.69 Å². The van der Waals surface area contributed by atoms with Gasteiger partial charge in [-0.25, -0.2) is 4.98 Å². The van der Waals surface area contributed by atoms with Crippen LogP contribution in [0.1, 0.15) is 11.0 Å². The first-order valence-corrected chi connectivity index (χ1v) is 9.38. The fourth-order valence-corrected chi connectivity index (χ4v) is 4.37. The van der Waals surface area contributed by atoms with Gasteiger partial charge in [0.25, 0.3) is 0 Å². The molecule has 4 rings (SSSR count). The van der Waals surface area contributed by atoms with Crippen LogP contribution >= 0.6 is 11.3 Å². The molecule has 25 heavy (non-hydrogen) atoms. The third-order valence-corrected chi connectivity index (χ3v) is 5.91. The summed E-state index contributed by atoms with van der Waals surface area (Å²) < 4.78 is 6.73.